The summed E-state index contributed by atoms with van der Waals surface area (Å²) in [6.07, 6.45) is 1.91. The number of hydrogen-bond acceptors (Lipinski definition) is 4. The van der Waals surface area contributed by atoms with Gasteiger partial charge in [0.1, 0.15) is 0 Å². The number of rotatable bonds is 5. The van der Waals surface area contributed by atoms with E-state index in [9.17, 15) is 18.3 Å². The Kier molecular flexibility index (Phi) is 4.42. The van der Waals surface area contributed by atoms with Gasteiger partial charge in [0, 0.05) is 6.54 Å². The number of nitrogens with one attached hydrogen (secondary N) is 1. The van der Waals surface area contributed by atoms with Gasteiger partial charge in [0.25, 0.3) is 0 Å². The first-order valence-corrected chi connectivity index (χ1v) is 7.89. The van der Waals surface area contributed by atoms with Crippen LogP contribution in [0.5, 0.6) is 0 Å². The Morgan fingerprint density at radius 1 is 1.35 bits per heavy atom. The third-order valence-electron chi connectivity index (χ3n) is 3.55. The fraction of sp³-hybridized carbons (Fsp3) is 0.462. The Morgan fingerprint density at radius 2 is 2.10 bits per heavy atom. The number of carbonyl (C=O) groups is 1. The highest BCUT2D eigenvalue weighted by molar-refractivity contribution is 7.89. The first kappa shape index (κ1) is 15.0. The van der Waals surface area contributed by atoms with Gasteiger partial charge in [0.2, 0.25) is 10.0 Å². The van der Waals surface area contributed by atoms with Gasteiger partial charge in [-0.25, -0.2) is 17.9 Å². The second-order valence-electron chi connectivity index (χ2n) is 4.94. The Morgan fingerprint density at radius 3 is 2.70 bits per heavy atom. The predicted molar refractivity (Wildman–Crippen MR) is 71.9 cm³/mol. The van der Waals surface area contributed by atoms with E-state index < -0.39 is 22.1 Å². The first-order chi connectivity index (χ1) is 9.40. The van der Waals surface area contributed by atoms with Gasteiger partial charge in [0.15, 0.2) is 0 Å². The molecule has 2 rings (SSSR count). The van der Waals surface area contributed by atoms with Crippen molar-refractivity contribution >= 4 is 16.0 Å². The van der Waals surface area contributed by atoms with Crippen molar-refractivity contribution in [1.82, 2.24) is 4.72 Å². The van der Waals surface area contributed by atoms with Crippen molar-refractivity contribution < 1.29 is 23.4 Å². The van der Waals surface area contributed by atoms with Gasteiger partial charge < -0.3 is 10.2 Å². The molecule has 0 spiro atoms. The molecular weight excluding hydrogens is 282 g/mol. The minimum absolute atomic E-state index is 0.0752. The zero-order chi connectivity index (χ0) is 14.8. The summed E-state index contributed by atoms with van der Waals surface area (Å²) in [5, 5.41) is 18.5. The number of hydrogen-bond donors (Lipinski definition) is 3. The van der Waals surface area contributed by atoms with Gasteiger partial charge in [-0.3, -0.25) is 0 Å². The summed E-state index contributed by atoms with van der Waals surface area (Å²) >= 11 is 0. The predicted octanol–water partition coefficient (Wildman–Crippen LogP) is 0.824. The van der Waals surface area contributed by atoms with Crippen molar-refractivity contribution in [2.75, 3.05) is 6.54 Å². The summed E-state index contributed by atoms with van der Waals surface area (Å²) in [7, 11) is -3.75. The fourth-order valence-electron chi connectivity index (χ4n) is 2.35. The summed E-state index contributed by atoms with van der Waals surface area (Å²) < 4.78 is 26.6. The standard InChI is InChI=1S/C13H17NO5S/c15-12-6-2-4-10(12)8-14-20(18,19)11-5-1-3-9(7-11)13(16)17/h1,3,5,7,10,12,14-15H,2,4,6,8H2,(H,16,17). The molecule has 0 aliphatic heterocycles. The molecule has 2 unspecified atom stereocenters. The summed E-state index contributed by atoms with van der Waals surface area (Å²) in [6, 6.07) is 5.19. The van der Waals surface area contributed by atoms with Crippen LogP contribution in [0.25, 0.3) is 0 Å². The van der Waals surface area contributed by atoms with Crippen LogP contribution in [0.1, 0.15) is 29.6 Å². The Hall–Kier alpha value is -1.44. The highest BCUT2D eigenvalue weighted by atomic mass is 32.2. The van der Waals surface area contributed by atoms with E-state index in [1.807, 2.05) is 0 Å². The zero-order valence-corrected chi connectivity index (χ0v) is 11.6. The number of carboxylic acids is 1. The van der Waals surface area contributed by atoms with Gasteiger partial charge in [-0.1, -0.05) is 12.5 Å². The molecule has 0 aromatic heterocycles. The van der Waals surface area contributed by atoms with Crippen molar-refractivity contribution in [3.63, 3.8) is 0 Å². The molecule has 110 valence electrons. The molecule has 1 aromatic rings. The SMILES string of the molecule is O=C(O)c1cccc(S(=O)(=O)NCC2CCCC2O)c1. The van der Waals surface area contributed by atoms with Crippen molar-refractivity contribution in [3.05, 3.63) is 29.8 Å². The van der Waals surface area contributed by atoms with Crippen LogP contribution < -0.4 is 4.72 Å². The largest absolute Gasteiger partial charge is 0.478 e. The molecule has 7 heteroatoms. The maximum Gasteiger partial charge on any atom is 0.335 e. The molecule has 0 amide bonds. The van der Waals surface area contributed by atoms with Crippen molar-refractivity contribution in [2.45, 2.75) is 30.3 Å². The van der Waals surface area contributed by atoms with Crippen molar-refractivity contribution in [2.24, 2.45) is 5.92 Å². The van der Waals surface area contributed by atoms with Gasteiger partial charge in [-0.15, -0.1) is 0 Å². The normalized spacial score (nSPS) is 22.9. The van der Waals surface area contributed by atoms with Gasteiger partial charge in [0.05, 0.1) is 16.6 Å². The first-order valence-electron chi connectivity index (χ1n) is 6.41. The summed E-state index contributed by atoms with van der Waals surface area (Å²) in [4.78, 5) is 10.8. The van der Waals surface area contributed by atoms with Gasteiger partial charge in [-0.2, -0.15) is 0 Å². The average Bonchev–Trinajstić information content (AvgIpc) is 2.82. The van der Waals surface area contributed by atoms with Gasteiger partial charge in [-0.05, 0) is 37.0 Å². The molecule has 1 aliphatic carbocycles. The minimum atomic E-state index is -3.75. The van der Waals surface area contributed by atoms with E-state index in [0.717, 1.165) is 18.9 Å². The summed E-state index contributed by atoms with van der Waals surface area (Å²) in [5.41, 5.74) is -0.0752. The van der Waals surface area contributed by atoms with Crippen LogP contribution in [-0.2, 0) is 10.0 Å². The fourth-order valence-corrected chi connectivity index (χ4v) is 3.49. The molecule has 1 aromatic carbocycles. The lowest BCUT2D eigenvalue weighted by Gasteiger charge is -2.15. The third-order valence-corrected chi connectivity index (χ3v) is 4.97. The maximum absolute atomic E-state index is 12.1. The molecule has 1 saturated carbocycles. The second kappa shape index (κ2) is 5.90. The van der Waals surface area contributed by atoms with E-state index in [-0.39, 0.29) is 22.9 Å². The Bertz CT molecular complexity index is 599. The van der Waals surface area contributed by atoms with Crippen LogP contribution >= 0.6 is 0 Å². The number of sulfonamides is 1. The topological polar surface area (TPSA) is 104 Å². The van der Waals surface area contributed by atoms with Crippen LogP contribution in [0.3, 0.4) is 0 Å². The smallest absolute Gasteiger partial charge is 0.335 e. The number of aromatic carboxylic acids is 1. The number of carboxylic acid groups (broad SMARTS) is 1. The molecule has 20 heavy (non-hydrogen) atoms. The monoisotopic (exact) mass is 299 g/mol. The molecule has 0 saturated heterocycles. The minimum Gasteiger partial charge on any atom is -0.478 e. The lowest BCUT2D eigenvalue weighted by molar-refractivity contribution is 0.0696. The van der Waals surface area contributed by atoms with E-state index in [1.165, 1.54) is 18.2 Å². The van der Waals surface area contributed by atoms with Gasteiger partial charge >= 0.3 is 5.97 Å². The Balaban J connectivity index is 2.10. The van der Waals surface area contributed by atoms with Crippen LogP contribution in [-0.4, -0.2) is 37.2 Å². The van der Waals surface area contributed by atoms with Crippen LogP contribution in [0.4, 0.5) is 0 Å². The molecule has 6 nitrogen and oxygen atoms in total. The highest BCUT2D eigenvalue weighted by Gasteiger charge is 2.27. The van der Waals surface area contributed by atoms with E-state index in [2.05, 4.69) is 4.72 Å². The number of aliphatic hydroxyl groups is 1. The van der Waals surface area contributed by atoms with E-state index in [4.69, 9.17) is 5.11 Å². The quantitative estimate of drug-likeness (QED) is 0.747. The zero-order valence-electron chi connectivity index (χ0n) is 10.8. The lowest BCUT2D eigenvalue weighted by atomic mass is 10.1. The number of aliphatic hydroxyl groups excluding tert-OH is 1. The van der Waals surface area contributed by atoms with E-state index in [0.29, 0.717) is 6.42 Å². The molecule has 1 aliphatic rings. The Labute approximate surface area is 117 Å². The molecule has 2 atom stereocenters. The van der Waals surface area contributed by atoms with Crippen LogP contribution in [0, 0.1) is 5.92 Å². The third kappa shape index (κ3) is 3.36. The molecule has 0 bridgehead atoms. The van der Waals surface area contributed by atoms with Crippen molar-refractivity contribution in [3.8, 4) is 0 Å². The van der Waals surface area contributed by atoms with E-state index in [1.54, 1.807) is 0 Å². The highest BCUT2D eigenvalue weighted by Crippen LogP contribution is 2.25. The van der Waals surface area contributed by atoms with Crippen LogP contribution in [0.2, 0.25) is 0 Å². The molecule has 1 fully saturated rings. The molecule has 3 N–H and O–H groups in total. The molecule has 0 heterocycles. The average molecular weight is 299 g/mol. The number of benzene rings is 1. The second-order valence-corrected chi connectivity index (χ2v) is 6.71. The van der Waals surface area contributed by atoms with Crippen molar-refractivity contribution in [1.29, 1.82) is 0 Å². The molecular formula is C13H17NO5S. The lowest BCUT2D eigenvalue weighted by Crippen LogP contribution is -2.32. The maximum atomic E-state index is 12.1. The summed E-state index contributed by atoms with van der Waals surface area (Å²) in [5.74, 6) is -1.25. The summed E-state index contributed by atoms with van der Waals surface area (Å²) in [6.45, 7) is 0.167. The van der Waals surface area contributed by atoms with E-state index >= 15 is 0 Å². The molecule has 0 radical (unpaired) electrons. The van der Waals surface area contributed by atoms with Crippen LogP contribution in [0.15, 0.2) is 29.2 Å².